The molecule has 0 saturated heterocycles. The van der Waals surface area contributed by atoms with E-state index in [4.69, 9.17) is 0 Å². The summed E-state index contributed by atoms with van der Waals surface area (Å²) in [5.74, 6) is -0.170. The lowest BCUT2D eigenvalue weighted by atomic mass is 10.2. The molecule has 0 aromatic rings. The second-order valence-electron chi connectivity index (χ2n) is 2.47. The molecule has 1 fully saturated rings. The molecule has 1 nitrogen and oxygen atoms in total. The average Bonchev–Trinajstić information content (AvgIpc) is 2.46. The molecule has 0 aromatic carbocycles. The molecule has 0 amide bonds. The van der Waals surface area contributed by atoms with Gasteiger partial charge < -0.3 is 0 Å². The van der Waals surface area contributed by atoms with Crippen molar-refractivity contribution in [3.05, 3.63) is 0 Å². The smallest absolute Gasteiger partial charge is 0.249 e. The van der Waals surface area contributed by atoms with Crippen LogP contribution >= 0.6 is 22.9 Å². The molecule has 1 aliphatic rings. The van der Waals surface area contributed by atoms with Crippen LogP contribution in [-0.2, 0) is 0 Å². The Balaban J connectivity index is 2.46. The molecule has 0 aromatic heterocycles. The van der Waals surface area contributed by atoms with E-state index in [1.807, 2.05) is 0 Å². The van der Waals surface area contributed by atoms with Crippen LogP contribution in [0, 0.1) is 5.92 Å². The van der Waals surface area contributed by atoms with E-state index in [0.717, 1.165) is 0 Å². The zero-order chi connectivity index (χ0) is 7.78. The van der Waals surface area contributed by atoms with E-state index in [-0.39, 0.29) is 5.92 Å². The van der Waals surface area contributed by atoms with Crippen LogP contribution in [0.5, 0.6) is 0 Å². The van der Waals surface area contributed by atoms with Crippen molar-refractivity contribution in [3.8, 4) is 0 Å². The van der Waals surface area contributed by atoms with E-state index < -0.39 is 12.2 Å². The summed E-state index contributed by atoms with van der Waals surface area (Å²) in [6.45, 7) is 0. The molecule has 5 heteroatoms. The van der Waals surface area contributed by atoms with Crippen molar-refractivity contribution in [1.82, 2.24) is 3.53 Å². The third kappa shape index (κ3) is 1.98. The number of alkyl halides is 3. The van der Waals surface area contributed by atoms with Gasteiger partial charge in [-0.3, -0.25) is 0 Å². The van der Waals surface area contributed by atoms with Gasteiger partial charge in [0.05, 0.1) is 0 Å². The van der Waals surface area contributed by atoms with Gasteiger partial charge in [-0.25, -0.2) is 3.53 Å². The molecule has 1 atom stereocenters. The summed E-state index contributed by atoms with van der Waals surface area (Å²) in [4.78, 5) is 0. The molecule has 10 heavy (non-hydrogen) atoms. The summed E-state index contributed by atoms with van der Waals surface area (Å²) in [5.41, 5.74) is 0. The first-order valence-electron chi connectivity index (χ1n) is 2.98. The molecule has 1 unspecified atom stereocenters. The Morgan fingerprint density at radius 2 is 1.90 bits per heavy atom. The Bertz CT molecular complexity index is 121. The number of hydrogen-bond acceptors (Lipinski definition) is 1. The standard InChI is InChI=1S/C5H7F3IN/c6-5(7,8)4(10-9)3-1-2-3/h3-4,10H,1-2H2. The third-order valence-corrected chi connectivity index (χ3v) is 2.23. The predicted molar refractivity (Wildman–Crippen MR) is 39.7 cm³/mol. The fourth-order valence-electron chi connectivity index (χ4n) is 0.848. The van der Waals surface area contributed by atoms with Gasteiger partial charge in [0, 0.05) is 22.9 Å². The van der Waals surface area contributed by atoms with Gasteiger partial charge in [0.25, 0.3) is 0 Å². The first-order chi connectivity index (χ1) is 4.55. The number of hydrogen-bond donors (Lipinski definition) is 1. The van der Waals surface area contributed by atoms with Crippen molar-refractivity contribution in [1.29, 1.82) is 0 Å². The predicted octanol–water partition coefficient (Wildman–Crippen LogP) is 2.27. The van der Waals surface area contributed by atoms with Gasteiger partial charge in [0.1, 0.15) is 6.04 Å². The van der Waals surface area contributed by atoms with Crippen molar-refractivity contribution < 1.29 is 13.2 Å². The van der Waals surface area contributed by atoms with Gasteiger partial charge in [0.2, 0.25) is 0 Å². The van der Waals surface area contributed by atoms with Crippen LogP contribution in [0.3, 0.4) is 0 Å². The highest BCUT2D eigenvalue weighted by Crippen LogP contribution is 2.40. The molecular formula is C5H7F3IN. The largest absolute Gasteiger partial charge is 0.404 e. The molecular weight excluding hydrogens is 258 g/mol. The van der Waals surface area contributed by atoms with Crippen molar-refractivity contribution in [2.45, 2.75) is 25.1 Å². The molecule has 0 spiro atoms. The Morgan fingerprint density at radius 3 is 2.00 bits per heavy atom. The summed E-state index contributed by atoms with van der Waals surface area (Å²) in [5, 5.41) is 0. The molecule has 0 aliphatic heterocycles. The number of halogens is 4. The second kappa shape index (κ2) is 2.84. The zero-order valence-corrected chi connectivity index (χ0v) is 7.24. The fourth-order valence-corrected chi connectivity index (χ4v) is 1.71. The minimum absolute atomic E-state index is 0.170. The van der Waals surface area contributed by atoms with E-state index >= 15 is 0 Å². The topological polar surface area (TPSA) is 12.0 Å². The van der Waals surface area contributed by atoms with Crippen LogP contribution < -0.4 is 3.53 Å². The lowest BCUT2D eigenvalue weighted by molar-refractivity contribution is -0.154. The summed E-state index contributed by atoms with van der Waals surface area (Å²) in [7, 11) is 0. The van der Waals surface area contributed by atoms with Crippen molar-refractivity contribution in [2.75, 3.05) is 0 Å². The first-order valence-corrected chi connectivity index (χ1v) is 4.06. The average molecular weight is 265 g/mol. The van der Waals surface area contributed by atoms with Crippen LogP contribution in [-0.4, -0.2) is 12.2 Å². The normalized spacial score (nSPS) is 22.8. The van der Waals surface area contributed by atoms with E-state index in [0.29, 0.717) is 12.8 Å². The summed E-state index contributed by atoms with van der Waals surface area (Å²) >= 11 is 1.56. The van der Waals surface area contributed by atoms with Crippen molar-refractivity contribution >= 4 is 22.9 Å². The molecule has 0 radical (unpaired) electrons. The van der Waals surface area contributed by atoms with Crippen molar-refractivity contribution in [2.24, 2.45) is 5.92 Å². The van der Waals surface area contributed by atoms with E-state index in [2.05, 4.69) is 3.53 Å². The summed E-state index contributed by atoms with van der Waals surface area (Å²) in [6.07, 6.45) is -2.65. The molecule has 60 valence electrons. The number of nitrogens with one attached hydrogen (secondary N) is 1. The monoisotopic (exact) mass is 265 g/mol. The maximum atomic E-state index is 11.9. The Hall–Kier alpha value is 0.480. The quantitative estimate of drug-likeness (QED) is 0.596. The van der Waals surface area contributed by atoms with Crippen LogP contribution in [0.1, 0.15) is 12.8 Å². The second-order valence-corrected chi connectivity index (χ2v) is 3.09. The van der Waals surface area contributed by atoms with Crippen LogP contribution in [0.2, 0.25) is 0 Å². The minimum Gasteiger partial charge on any atom is -0.249 e. The van der Waals surface area contributed by atoms with Crippen molar-refractivity contribution in [3.63, 3.8) is 0 Å². The van der Waals surface area contributed by atoms with E-state index in [9.17, 15) is 13.2 Å². The van der Waals surface area contributed by atoms with Crippen LogP contribution in [0.4, 0.5) is 13.2 Å². The Kier molecular flexibility index (Phi) is 2.44. The van der Waals surface area contributed by atoms with Gasteiger partial charge in [-0.05, 0) is 18.8 Å². The first kappa shape index (κ1) is 8.58. The highest BCUT2D eigenvalue weighted by Gasteiger charge is 2.48. The zero-order valence-electron chi connectivity index (χ0n) is 5.08. The summed E-state index contributed by atoms with van der Waals surface area (Å²) < 4.78 is 38.1. The molecule has 0 heterocycles. The third-order valence-electron chi connectivity index (χ3n) is 1.56. The van der Waals surface area contributed by atoms with Gasteiger partial charge in [0.15, 0.2) is 0 Å². The van der Waals surface area contributed by atoms with E-state index in [1.54, 1.807) is 22.9 Å². The fraction of sp³-hybridized carbons (Fsp3) is 1.00. The Morgan fingerprint density at radius 1 is 1.40 bits per heavy atom. The van der Waals surface area contributed by atoms with Gasteiger partial charge >= 0.3 is 6.18 Å². The highest BCUT2D eigenvalue weighted by atomic mass is 127. The SMILES string of the molecule is FC(F)(F)C(NI)C1CC1. The van der Waals surface area contributed by atoms with Gasteiger partial charge in [-0.15, -0.1) is 0 Å². The molecule has 1 aliphatic carbocycles. The maximum absolute atomic E-state index is 11.9. The van der Waals surface area contributed by atoms with Crippen LogP contribution in [0.15, 0.2) is 0 Å². The highest BCUT2D eigenvalue weighted by molar-refractivity contribution is 14.1. The minimum atomic E-state index is -4.07. The lowest BCUT2D eigenvalue weighted by Gasteiger charge is -2.17. The molecule has 1 saturated carbocycles. The Labute approximate surface area is 70.9 Å². The lowest BCUT2D eigenvalue weighted by Crippen LogP contribution is -2.38. The molecule has 0 bridgehead atoms. The maximum Gasteiger partial charge on any atom is 0.404 e. The summed E-state index contributed by atoms with van der Waals surface area (Å²) in [6, 6.07) is -1.28. The van der Waals surface area contributed by atoms with Crippen LogP contribution in [0.25, 0.3) is 0 Å². The molecule has 1 N–H and O–H groups in total. The van der Waals surface area contributed by atoms with Gasteiger partial charge in [-0.1, -0.05) is 0 Å². The number of rotatable bonds is 2. The van der Waals surface area contributed by atoms with E-state index in [1.165, 1.54) is 0 Å². The molecule has 1 rings (SSSR count). The van der Waals surface area contributed by atoms with Gasteiger partial charge in [-0.2, -0.15) is 13.2 Å².